The van der Waals surface area contributed by atoms with E-state index in [1.165, 1.54) is 21.9 Å². The molecule has 0 spiro atoms. The van der Waals surface area contributed by atoms with Gasteiger partial charge in [-0.25, -0.2) is 0 Å². The lowest BCUT2D eigenvalue weighted by molar-refractivity contribution is 0.707. The van der Waals surface area contributed by atoms with Crippen LogP contribution in [0, 0.1) is 0 Å². The Hall–Kier alpha value is -1.54. The molecule has 1 nitrogen and oxygen atoms in total. The topological polar surface area (TPSA) is 26.0 Å². The molecule has 0 unspecified atom stereocenters. The van der Waals surface area contributed by atoms with Gasteiger partial charge in [-0.05, 0) is 46.5 Å². The average molecular weight is 330 g/mol. The summed E-state index contributed by atoms with van der Waals surface area (Å²) in [6.45, 7) is 0. The highest BCUT2D eigenvalue weighted by atomic mass is 35.5. The van der Waals surface area contributed by atoms with E-state index in [-0.39, 0.29) is 17.9 Å². The maximum atomic E-state index is 6.64. The summed E-state index contributed by atoms with van der Waals surface area (Å²) < 4.78 is 0. The van der Waals surface area contributed by atoms with E-state index in [4.69, 9.17) is 17.3 Å². The largest absolute Gasteiger partial charge is 0.321 e. The maximum Gasteiger partial charge on any atom is 0.0486 e. The number of benzene rings is 3. The molecule has 3 heteroatoms. The van der Waals surface area contributed by atoms with E-state index in [1.54, 1.807) is 0 Å². The summed E-state index contributed by atoms with van der Waals surface area (Å²) in [6.07, 6.45) is 0.978. The summed E-state index contributed by atoms with van der Waals surface area (Å²) in [7, 11) is 0. The van der Waals surface area contributed by atoms with Gasteiger partial charge in [0.05, 0.1) is 0 Å². The highest BCUT2D eigenvalue weighted by Gasteiger charge is 2.52. The van der Waals surface area contributed by atoms with E-state index in [0.717, 1.165) is 11.4 Å². The Balaban J connectivity index is 0.00000144. The van der Waals surface area contributed by atoms with E-state index in [2.05, 4.69) is 48.5 Å². The van der Waals surface area contributed by atoms with Gasteiger partial charge in [-0.1, -0.05) is 60.1 Å². The molecule has 2 atom stereocenters. The van der Waals surface area contributed by atoms with Crippen molar-refractivity contribution < 1.29 is 0 Å². The van der Waals surface area contributed by atoms with Crippen LogP contribution < -0.4 is 5.73 Å². The Morgan fingerprint density at radius 1 is 0.909 bits per heavy atom. The summed E-state index contributed by atoms with van der Waals surface area (Å²) in [4.78, 5) is 0. The third-order valence-electron chi connectivity index (χ3n) is 4.54. The van der Waals surface area contributed by atoms with Crippen molar-refractivity contribution in [3.63, 3.8) is 0 Å². The third-order valence-corrected chi connectivity index (χ3v) is 4.78. The summed E-state index contributed by atoms with van der Waals surface area (Å²) in [6, 6.07) is 23.0. The van der Waals surface area contributed by atoms with Crippen molar-refractivity contribution in [3.05, 3.63) is 82.9 Å². The molecule has 0 amide bonds. The Morgan fingerprint density at radius 2 is 1.68 bits per heavy atom. The van der Waals surface area contributed by atoms with Crippen LogP contribution in [0.1, 0.15) is 23.5 Å². The molecule has 0 radical (unpaired) electrons. The average Bonchev–Trinajstić information content (AvgIpc) is 3.20. The predicted octanol–water partition coefficient (Wildman–Crippen LogP) is 5.26. The number of hydrogen-bond donors (Lipinski definition) is 1. The zero-order chi connectivity index (χ0) is 14.4. The third kappa shape index (κ3) is 2.50. The molecule has 0 heterocycles. The molecule has 4 rings (SSSR count). The molecular formula is C19H17Cl2N. The quantitative estimate of drug-likeness (QED) is 0.682. The van der Waals surface area contributed by atoms with Gasteiger partial charge in [0.25, 0.3) is 0 Å². The van der Waals surface area contributed by atoms with Crippen molar-refractivity contribution in [2.45, 2.75) is 17.9 Å². The van der Waals surface area contributed by atoms with Crippen molar-refractivity contribution in [1.82, 2.24) is 0 Å². The first-order chi connectivity index (χ1) is 10.2. The van der Waals surface area contributed by atoms with Crippen molar-refractivity contribution in [1.29, 1.82) is 0 Å². The van der Waals surface area contributed by atoms with Gasteiger partial charge in [0.15, 0.2) is 0 Å². The van der Waals surface area contributed by atoms with Crippen LogP contribution in [0.2, 0.25) is 5.02 Å². The molecule has 22 heavy (non-hydrogen) atoms. The Bertz CT molecular complexity index is 830. The Labute approximate surface area is 141 Å². The lowest BCUT2D eigenvalue weighted by Gasteiger charge is -2.13. The Morgan fingerprint density at radius 3 is 2.45 bits per heavy atom. The van der Waals surface area contributed by atoms with Crippen molar-refractivity contribution >= 4 is 34.8 Å². The fourth-order valence-electron chi connectivity index (χ4n) is 3.22. The monoisotopic (exact) mass is 329 g/mol. The first kappa shape index (κ1) is 15.4. The number of hydrogen-bond acceptors (Lipinski definition) is 1. The lowest BCUT2D eigenvalue weighted by Crippen LogP contribution is -2.21. The molecule has 0 aliphatic heterocycles. The van der Waals surface area contributed by atoms with Gasteiger partial charge in [0, 0.05) is 16.5 Å². The van der Waals surface area contributed by atoms with Gasteiger partial charge in [-0.3, -0.25) is 0 Å². The van der Waals surface area contributed by atoms with Gasteiger partial charge < -0.3 is 5.73 Å². The number of fused-ring (bicyclic) bond motifs is 1. The van der Waals surface area contributed by atoms with Gasteiger partial charge >= 0.3 is 0 Å². The smallest absolute Gasteiger partial charge is 0.0486 e. The van der Waals surface area contributed by atoms with E-state index in [9.17, 15) is 0 Å². The Kier molecular flexibility index (Phi) is 3.90. The van der Waals surface area contributed by atoms with Gasteiger partial charge in [0.2, 0.25) is 0 Å². The normalized spacial score (nSPS) is 23.1. The zero-order valence-corrected chi connectivity index (χ0v) is 13.6. The summed E-state index contributed by atoms with van der Waals surface area (Å²) in [5, 5.41) is 3.28. The standard InChI is InChI=1S/C19H16ClN.ClH/c20-17-7-3-6-15(11-17)18-12-19(18,21)16-9-8-13-4-1-2-5-14(13)10-16;/h1-11,18H,12,21H2;1H/t18-,19-;/m1./s1. The molecule has 1 fully saturated rings. The van der Waals surface area contributed by atoms with E-state index >= 15 is 0 Å². The fraction of sp³-hybridized carbons (Fsp3) is 0.158. The minimum absolute atomic E-state index is 0. The molecule has 1 aliphatic rings. The molecule has 1 saturated carbocycles. The highest BCUT2D eigenvalue weighted by Crippen LogP contribution is 2.56. The van der Waals surface area contributed by atoms with Crippen LogP contribution in [0.25, 0.3) is 10.8 Å². The van der Waals surface area contributed by atoms with Crippen LogP contribution >= 0.6 is 24.0 Å². The summed E-state index contributed by atoms with van der Waals surface area (Å²) >= 11 is 6.09. The van der Waals surface area contributed by atoms with Crippen LogP contribution in [-0.2, 0) is 5.54 Å². The number of rotatable bonds is 2. The SMILES string of the molecule is Cl.N[C@@]1(c2ccc3ccccc3c2)C[C@@H]1c1cccc(Cl)c1. The second-order valence-electron chi connectivity index (χ2n) is 5.91. The first-order valence-electron chi connectivity index (χ1n) is 7.20. The highest BCUT2D eigenvalue weighted by molar-refractivity contribution is 6.30. The minimum Gasteiger partial charge on any atom is -0.321 e. The first-order valence-corrected chi connectivity index (χ1v) is 7.58. The van der Waals surface area contributed by atoms with E-state index < -0.39 is 0 Å². The van der Waals surface area contributed by atoms with Crippen molar-refractivity contribution in [3.8, 4) is 0 Å². The van der Waals surface area contributed by atoms with Gasteiger partial charge in [-0.2, -0.15) is 0 Å². The maximum absolute atomic E-state index is 6.64. The summed E-state index contributed by atoms with van der Waals surface area (Å²) in [5.74, 6) is 0.359. The lowest BCUT2D eigenvalue weighted by atomic mass is 9.97. The zero-order valence-electron chi connectivity index (χ0n) is 12.0. The molecule has 3 aromatic carbocycles. The molecule has 0 saturated heterocycles. The second-order valence-corrected chi connectivity index (χ2v) is 6.35. The predicted molar refractivity (Wildman–Crippen MR) is 95.9 cm³/mol. The number of halogens is 2. The number of nitrogens with two attached hydrogens (primary N) is 1. The van der Waals surface area contributed by atoms with Crippen molar-refractivity contribution in [2.75, 3.05) is 0 Å². The van der Waals surface area contributed by atoms with E-state index in [1.807, 2.05) is 18.2 Å². The van der Waals surface area contributed by atoms with Crippen LogP contribution in [0.5, 0.6) is 0 Å². The van der Waals surface area contributed by atoms with Crippen LogP contribution in [-0.4, -0.2) is 0 Å². The molecule has 112 valence electrons. The van der Waals surface area contributed by atoms with Gasteiger partial charge in [0.1, 0.15) is 0 Å². The van der Waals surface area contributed by atoms with Gasteiger partial charge in [-0.15, -0.1) is 12.4 Å². The molecule has 1 aliphatic carbocycles. The van der Waals surface area contributed by atoms with Crippen LogP contribution in [0.3, 0.4) is 0 Å². The van der Waals surface area contributed by atoms with Crippen molar-refractivity contribution in [2.24, 2.45) is 5.73 Å². The molecule has 3 aromatic rings. The van der Waals surface area contributed by atoms with Crippen LogP contribution in [0.4, 0.5) is 0 Å². The van der Waals surface area contributed by atoms with E-state index in [0.29, 0.717) is 5.92 Å². The molecule has 0 aromatic heterocycles. The summed E-state index contributed by atoms with van der Waals surface area (Å²) in [5.41, 5.74) is 8.84. The molecular weight excluding hydrogens is 313 g/mol. The van der Waals surface area contributed by atoms with Crippen LogP contribution in [0.15, 0.2) is 66.7 Å². The second kappa shape index (κ2) is 5.58. The minimum atomic E-state index is -0.255. The fourth-order valence-corrected chi connectivity index (χ4v) is 3.41. The molecule has 0 bridgehead atoms. The molecule has 2 N–H and O–H groups in total.